The molecule has 0 saturated heterocycles. The van der Waals surface area contributed by atoms with Crippen LogP contribution in [0.15, 0.2) is 24.3 Å². The van der Waals surface area contributed by atoms with Crippen LogP contribution in [0.1, 0.15) is 43.8 Å². The maximum Gasteiger partial charge on any atom is 0.123 e. The lowest BCUT2D eigenvalue weighted by Crippen LogP contribution is -2.40. The van der Waals surface area contributed by atoms with Gasteiger partial charge in [-0.05, 0) is 30.5 Å². The summed E-state index contributed by atoms with van der Waals surface area (Å²) < 4.78 is 18.4. The normalized spacial score (nSPS) is 21.1. The third kappa shape index (κ3) is 2.50. The molecule has 0 spiro atoms. The maximum absolute atomic E-state index is 12.9. The molecule has 0 radical (unpaired) electrons. The minimum Gasteiger partial charge on any atom is -0.385 e. The Kier molecular flexibility index (Phi) is 3.79. The first-order chi connectivity index (χ1) is 8.18. The van der Waals surface area contributed by atoms with Crippen molar-refractivity contribution in [2.24, 2.45) is 0 Å². The van der Waals surface area contributed by atoms with E-state index >= 15 is 0 Å². The molecule has 0 aromatic heterocycles. The lowest BCUT2D eigenvalue weighted by molar-refractivity contribution is -0.125. The SMILES string of the molecule is COC1(C(O)c2ccc(F)cc2)CCCCC1. The van der Waals surface area contributed by atoms with Gasteiger partial charge in [0.15, 0.2) is 0 Å². The fourth-order valence-electron chi connectivity index (χ4n) is 2.69. The van der Waals surface area contributed by atoms with E-state index in [0.29, 0.717) is 0 Å². The number of methoxy groups -OCH3 is 1. The van der Waals surface area contributed by atoms with Crippen LogP contribution in [0.4, 0.5) is 4.39 Å². The standard InChI is InChI=1S/C14H19FO2/c1-17-14(9-3-2-4-10-14)13(16)11-5-7-12(15)8-6-11/h5-8,13,16H,2-4,9-10H2,1H3. The van der Waals surface area contributed by atoms with Gasteiger partial charge in [0.25, 0.3) is 0 Å². The van der Waals surface area contributed by atoms with Crippen LogP contribution < -0.4 is 0 Å². The zero-order valence-electron chi connectivity index (χ0n) is 10.2. The highest BCUT2D eigenvalue weighted by molar-refractivity contribution is 5.21. The molecule has 1 unspecified atom stereocenters. The molecular weight excluding hydrogens is 219 g/mol. The summed E-state index contributed by atoms with van der Waals surface area (Å²) >= 11 is 0. The van der Waals surface area contributed by atoms with Crippen LogP contribution in [0.25, 0.3) is 0 Å². The number of aliphatic hydroxyl groups is 1. The van der Waals surface area contributed by atoms with Crippen LogP contribution in [0, 0.1) is 5.82 Å². The number of hydrogen-bond acceptors (Lipinski definition) is 2. The van der Waals surface area contributed by atoms with Crippen molar-refractivity contribution in [3.8, 4) is 0 Å². The highest BCUT2D eigenvalue weighted by atomic mass is 19.1. The van der Waals surface area contributed by atoms with Gasteiger partial charge in [0.2, 0.25) is 0 Å². The van der Waals surface area contributed by atoms with E-state index in [1.165, 1.54) is 18.6 Å². The third-order valence-electron chi connectivity index (χ3n) is 3.79. The molecule has 1 fully saturated rings. The zero-order chi connectivity index (χ0) is 12.3. The Morgan fingerprint density at radius 1 is 1.18 bits per heavy atom. The Balaban J connectivity index is 2.21. The molecular formula is C14H19FO2. The predicted octanol–water partition coefficient (Wildman–Crippen LogP) is 3.21. The van der Waals surface area contributed by atoms with E-state index in [4.69, 9.17) is 4.74 Å². The minimum atomic E-state index is -0.673. The Labute approximate surface area is 101 Å². The van der Waals surface area contributed by atoms with Gasteiger partial charge in [0.05, 0.1) is 5.60 Å². The maximum atomic E-state index is 12.9. The van der Waals surface area contributed by atoms with Crippen molar-refractivity contribution in [2.45, 2.75) is 43.8 Å². The van der Waals surface area contributed by atoms with Gasteiger partial charge in [-0.1, -0.05) is 31.4 Å². The van der Waals surface area contributed by atoms with Gasteiger partial charge in [-0.3, -0.25) is 0 Å². The van der Waals surface area contributed by atoms with Crippen molar-refractivity contribution in [1.82, 2.24) is 0 Å². The molecule has 3 heteroatoms. The summed E-state index contributed by atoms with van der Waals surface area (Å²) in [6.07, 6.45) is 4.40. The molecule has 94 valence electrons. The number of halogens is 1. The average Bonchev–Trinajstić information content (AvgIpc) is 2.39. The zero-order valence-corrected chi connectivity index (χ0v) is 10.2. The number of ether oxygens (including phenoxy) is 1. The quantitative estimate of drug-likeness (QED) is 0.876. The van der Waals surface area contributed by atoms with Gasteiger partial charge < -0.3 is 9.84 Å². The topological polar surface area (TPSA) is 29.5 Å². The van der Waals surface area contributed by atoms with Gasteiger partial charge in [0.1, 0.15) is 11.9 Å². The van der Waals surface area contributed by atoms with Gasteiger partial charge in [-0.2, -0.15) is 0 Å². The lowest BCUT2D eigenvalue weighted by atomic mass is 9.78. The van der Waals surface area contributed by atoms with Crippen LogP contribution in [0.5, 0.6) is 0 Å². The van der Waals surface area contributed by atoms with E-state index in [1.54, 1.807) is 19.2 Å². The van der Waals surface area contributed by atoms with Crippen molar-refractivity contribution in [3.05, 3.63) is 35.6 Å². The molecule has 1 aromatic rings. The molecule has 0 amide bonds. The van der Waals surface area contributed by atoms with E-state index < -0.39 is 11.7 Å². The fraction of sp³-hybridized carbons (Fsp3) is 0.571. The van der Waals surface area contributed by atoms with Crippen molar-refractivity contribution >= 4 is 0 Å². The summed E-state index contributed by atoms with van der Waals surface area (Å²) in [4.78, 5) is 0. The summed E-state index contributed by atoms with van der Waals surface area (Å²) in [5.74, 6) is -0.281. The van der Waals surface area contributed by atoms with Crippen LogP contribution >= 0.6 is 0 Å². The van der Waals surface area contributed by atoms with E-state index in [9.17, 15) is 9.50 Å². The molecule has 1 aliphatic carbocycles. The summed E-state index contributed by atoms with van der Waals surface area (Å²) in [5.41, 5.74) is 0.242. The van der Waals surface area contributed by atoms with E-state index in [0.717, 1.165) is 31.2 Å². The molecule has 1 aromatic carbocycles. The van der Waals surface area contributed by atoms with Gasteiger partial charge in [0, 0.05) is 7.11 Å². The molecule has 0 heterocycles. The van der Waals surface area contributed by atoms with Crippen LogP contribution in [-0.2, 0) is 4.74 Å². The number of benzene rings is 1. The van der Waals surface area contributed by atoms with E-state index in [-0.39, 0.29) is 5.82 Å². The minimum absolute atomic E-state index is 0.281. The van der Waals surface area contributed by atoms with Gasteiger partial charge >= 0.3 is 0 Å². The Hall–Kier alpha value is -0.930. The second kappa shape index (κ2) is 5.15. The third-order valence-corrected chi connectivity index (χ3v) is 3.79. The number of aliphatic hydroxyl groups excluding tert-OH is 1. The summed E-state index contributed by atoms with van der Waals surface area (Å²) in [5, 5.41) is 10.4. The second-order valence-corrected chi connectivity index (χ2v) is 4.78. The smallest absolute Gasteiger partial charge is 0.123 e. The Morgan fingerprint density at radius 3 is 2.29 bits per heavy atom. The average molecular weight is 238 g/mol. The molecule has 1 N–H and O–H groups in total. The first kappa shape index (κ1) is 12.5. The van der Waals surface area contributed by atoms with Crippen molar-refractivity contribution < 1.29 is 14.2 Å². The van der Waals surface area contributed by atoms with Crippen molar-refractivity contribution in [1.29, 1.82) is 0 Å². The molecule has 0 bridgehead atoms. The lowest BCUT2D eigenvalue weighted by Gasteiger charge is -2.40. The molecule has 2 nitrogen and oxygen atoms in total. The first-order valence-corrected chi connectivity index (χ1v) is 6.17. The molecule has 1 aliphatic rings. The van der Waals surface area contributed by atoms with Crippen molar-refractivity contribution in [2.75, 3.05) is 7.11 Å². The van der Waals surface area contributed by atoms with Gasteiger partial charge in [-0.15, -0.1) is 0 Å². The van der Waals surface area contributed by atoms with Crippen LogP contribution in [-0.4, -0.2) is 17.8 Å². The summed E-state index contributed by atoms with van der Waals surface area (Å²) in [6.45, 7) is 0. The second-order valence-electron chi connectivity index (χ2n) is 4.78. The molecule has 1 saturated carbocycles. The van der Waals surface area contributed by atoms with Gasteiger partial charge in [-0.25, -0.2) is 4.39 Å². The summed E-state index contributed by atoms with van der Waals surface area (Å²) in [6, 6.07) is 6.03. The predicted molar refractivity (Wildman–Crippen MR) is 64.2 cm³/mol. The van der Waals surface area contributed by atoms with Crippen molar-refractivity contribution in [3.63, 3.8) is 0 Å². The summed E-state index contributed by atoms with van der Waals surface area (Å²) in [7, 11) is 1.65. The largest absolute Gasteiger partial charge is 0.385 e. The molecule has 1 atom stereocenters. The Bertz CT molecular complexity index is 355. The van der Waals surface area contributed by atoms with E-state index in [1.807, 2.05) is 0 Å². The molecule has 2 rings (SSSR count). The van der Waals surface area contributed by atoms with Crippen LogP contribution in [0.3, 0.4) is 0 Å². The number of rotatable bonds is 3. The Morgan fingerprint density at radius 2 is 1.76 bits per heavy atom. The fourth-order valence-corrected chi connectivity index (χ4v) is 2.69. The van der Waals surface area contributed by atoms with Crippen LogP contribution in [0.2, 0.25) is 0 Å². The van der Waals surface area contributed by atoms with E-state index in [2.05, 4.69) is 0 Å². The monoisotopic (exact) mass is 238 g/mol. The molecule has 17 heavy (non-hydrogen) atoms. The highest BCUT2D eigenvalue weighted by Gasteiger charge is 2.39. The highest BCUT2D eigenvalue weighted by Crippen LogP contribution is 2.40. The first-order valence-electron chi connectivity index (χ1n) is 6.17. The molecule has 0 aliphatic heterocycles. The number of hydrogen-bond donors (Lipinski definition) is 1.